The van der Waals surface area contributed by atoms with Crippen molar-refractivity contribution in [2.75, 3.05) is 7.11 Å². The van der Waals surface area contributed by atoms with Crippen LogP contribution in [0.4, 0.5) is 0 Å². The van der Waals surface area contributed by atoms with Crippen molar-refractivity contribution < 1.29 is 20.1 Å². The Bertz CT molecular complexity index is 1020. The van der Waals surface area contributed by atoms with Gasteiger partial charge in [0, 0.05) is 37.5 Å². The number of hydrogen-bond acceptors (Lipinski definition) is 6. The summed E-state index contributed by atoms with van der Waals surface area (Å²) in [6.45, 7) is 0. The highest BCUT2D eigenvalue weighted by Gasteiger charge is 2.37. The Labute approximate surface area is 182 Å². The molecule has 0 fully saturated rings. The zero-order valence-electron chi connectivity index (χ0n) is 17.5. The number of allylic oxidation sites excluding steroid dienone is 10. The number of aliphatic hydroxyl groups is 3. The molecule has 6 nitrogen and oxygen atoms in total. The smallest absolute Gasteiger partial charge is 0.134 e. The Balaban J connectivity index is 1.61. The van der Waals surface area contributed by atoms with Gasteiger partial charge in [0.15, 0.2) is 0 Å². The van der Waals surface area contributed by atoms with Crippen LogP contribution < -0.4 is 5.32 Å². The van der Waals surface area contributed by atoms with Crippen LogP contribution >= 0.6 is 0 Å². The van der Waals surface area contributed by atoms with Crippen molar-refractivity contribution in [2.45, 2.75) is 44.2 Å². The molecule has 0 bridgehead atoms. The second-order valence-electron chi connectivity index (χ2n) is 8.59. The second kappa shape index (κ2) is 8.11. The van der Waals surface area contributed by atoms with Crippen molar-refractivity contribution in [3.05, 3.63) is 82.4 Å². The van der Waals surface area contributed by atoms with E-state index in [1.54, 1.807) is 7.11 Å². The fourth-order valence-electron chi connectivity index (χ4n) is 5.20. The molecule has 0 spiro atoms. The lowest BCUT2D eigenvalue weighted by molar-refractivity contribution is 0.0673. The molecule has 5 aliphatic rings. The molecule has 5 atom stereocenters. The van der Waals surface area contributed by atoms with Crippen molar-refractivity contribution in [2.24, 2.45) is 16.8 Å². The first kappa shape index (κ1) is 20.2. The molecule has 4 N–H and O–H groups in total. The van der Waals surface area contributed by atoms with Gasteiger partial charge in [-0.3, -0.25) is 10.3 Å². The Hall–Kier alpha value is -2.67. The second-order valence-corrected chi connectivity index (χ2v) is 8.59. The summed E-state index contributed by atoms with van der Waals surface area (Å²) in [7, 11) is 1.64. The van der Waals surface area contributed by atoms with Crippen LogP contribution in [0.15, 0.2) is 87.4 Å². The largest absolute Gasteiger partial charge is 0.512 e. The van der Waals surface area contributed by atoms with Crippen LogP contribution in [-0.4, -0.2) is 46.6 Å². The molecule has 0 aromatic carbocycles. The van der Waals surface area contributed by atoms with Gasteiger partial charge in [0.25, 0.3) is 0 Å². The van der Waals surface area contributed by atoms with Gasteiger partial charge in [-0.2, -0.15) is 0 Å². The molecular formula is C25H28N2O4. The summed E-state index contributed by atoms with van der Waals surface area (Å²) in [6, 6.07) is 0. The molecular weight excluding hydrogens is 392 g/mol. The van der Waals surface area contributed by atoms with Crippen molar-refractivity contribution >= 4 is 5.71 Å². The van der Waals surface area contributed by atoms with E-state index >= 15 is 0 Å². The molecule has 162 valence electrons. The van der Waals surface area contributed by atoms with E-state index in [9.17, 15) is 15.3 Å². The topological polar surface area (TPSA) is 94.3 Å². The summed E-state index contributed by atoms with van der Waals surface area (Å²) < 4.78 is 5.67. The maximum atomic E-state index is 10.5. The number of nitrogens with one attached hydrogen (secondary N) is 1. The Morgan fingerprint density at radius 2 is 1.94 bits per heavy atom. The molecule has 5 unspecified atom stereocenters. The molecule has 0 radical (unpaired) electrons. The van der Waals surface area contributed by atoms with Crippen molar-refractivity contribution in [1.82, 2.24) is 5.32 Å². The lowest BCUT2D eigenvalue weighted by atomic mass is 9.70. The molecule has 0 aromatic heterocycles. The SMILES string of the molecule is COC1CC(C2=C3CCC=CC3=CC3C=CC=CC23)=NC(C2=C(O)CC(O)C=C2O)N1. The quantitative estimate of drug-likeness (QED) is 0.559. The normalized spacial score (nSPS) is 34.8. The van der Waals surface area contributed by atoms with Gasteiger partial charge >= 0.3 is 0 Å². The number of hydrogen-bond donors (Lipinski definition) is 4. The first-order valence-electron chi connectivity index (χ1n) is 10.9. The van der Waals surface area contributed by atoms with Crippen molar-refractivity contribution in [1.29, 1.82) is 0 Å². The van der Waals surface area contributed by atoms with E-state index in [0.717, 1.165) is 18.6 Å². The number of methoxy groups -OCH3 is 1. The fourth-order valence-corrected chi connectivity index (χ4v) is 5.20. The highest BCUT2D eigenvalue weighted by Crippen LogP contribution is 2.43. The molecule has 1 heterocycles. The molecule has 6 heteroatoms. The van der Waals surface area contributed by atoms with E-state index < -0.39 is 12.3 Å². The van der Waals surface area contributed by atoms with Crippen LogP contribution in [0.3, 0.4) is 0 Å². The zero-order valence-corrected chi connectivity index (χ0v) is 17.5. The maximum absolute atomic E-state index is 10.5. The number of aliphatic hydroxyl groups excluding tert-OH is 3. The van der Waals surface area contributed by atoms with Gasteiger partial charge in [0.05, 0.1) is 11.7 Å². The minimum atomic E-state index is -0.904. The van der Waals surface area contributed by atoms with Gasteiger partial charge in [0.2, 0.25) is 0 Å². The van der Waals surface area contributed by atoms with E-state index in [4.69, 9.17) is 9.73 Å². The third-order valence-corrected chi connectivity index (χ3v) is 6.63. The standard InChI is InChI=1S/C25H28N2O4/c1-31-22-13-19(26-25(27-22)24-20(29)11-16(28)12-21(24)30)23-17-8-4-2-6-14(17)10-15-7-3-5-9-18(15)23/h2-4,6-8,10-11,14,16-17,22,25,27-30H,5,9,12-13H2,1H3. The summed E-state index contributed by atoms with van der Waals surface area (Å²) in [5, 5.41) is 34.1. The molecule has 1 aliphatic heterocycles. The lowest BCUT2D eigenvalue weighted by Gasteiger charge is -2.38. The van der Waals surface area contributed by atoms with Gasteiger partial charge in [0.1, 0.15) is 23.9 Å². The first-order valence-corrected chi connectivity index (χ1v) is 10.9. The van der Waals surface area contributed by atoms with Gasteiger partial charge in [-0.1, -0.05) is 42.5 Å². The van der Waals surface area contributed by atoms with Crippen LogP contribution in [-0.2, 0) is 4.74 Å². The van der Waals surface area contributed by atoms with Crippen molar-refractivity contribution in [3.63, 3.8) is 0 Å². The third kappa shape index (κ3) is 3.65. The minimum absolute atomic E-state index is 0.0503. The highest BCUT2D eigenvalue weighted by atomic mass is 16.5. The van der Waals surface area contributed by atoms with E-state index in [0.29, 0.717) is 12.0 Å². The average Bonchev–Trinajstić information content (AvgIpc) is 2.76. The minimum Gasteiger partial charge on any atom is -0.512 e. The third-order valence-electron chi connectivity index (χ3n) is 6.63. The highest BCUT2D eigenvalue weighted by molar-refractivity contribution is 6.03. The van der Waals surface area contributed by atoms with E-state index in [2.05, 4.69) is 47.8 Å². The van der Waals surface area contributed by atoms with Gasteiger partial charge < -0.3 is 20.1 Å². The molecule has 0 amide bonds. The lowest BCUT2D eigenvalue weighted by Crippen LogP contribution is -2.47. The summed E-state index contributed by atoms with van der Waals surface area (Å²) in [5.74, 6) is 0.301. The van der Waals surface area contributed by atoms with E-state index in [1.165, 1.54) is 22.8 Å². The van der Waals surface area contributed by atoms with Crippen molar-refractivity contribution in [3.8, 4) is 0 Å². The van der Waals surface area contributed by atoms with Crippen LogP contribution in [0.5, 0.6) is 0 Å². The number of aliphatic imine (C=N–C) groups is 1. The number of ether oxygens (including phenoxy) is 1. The van der Waals surface area contributed by atoms with Crippen LogP contribution in [0, 0.1) is 11.8 Å². The molecule has 0 aromatic rings. The summed E-state index contributed by atoms with van der Waals surface area (Å²) in [4.78, 5) is 4.99. The van der Waals surface area contributed by atoms with Crippen LogP contribution in [0.1, 0.15) is 25.7 Å². The Morgan fingerprint density at radius 1 is 1.10 bits per heavy atom. The molecule has 4 aliphatic carbocycles. The predicted octanol–water partition coefficient (Wildman–Crippen LogP) is 3.68. The molecule has 0 saturated heterocycles. The monoisotopic (exact) mass is 420 g/mol. The van der Waals surface area contributed by atoms with Gasteiger partial charge in [-0.25, -0.2) is 0 Å². The van der Waals surface area contributed by atoms with Crippen LogP contribution in [0.2, 0.25) is 0 Å². The molecule has 5 rings (SSSR count). The van der Waals surface area contributed by atoms with Crippen LogP contribution in [0.25, 0.3) is 0 Å². The fraction of sp³-hybridized carbons (Fsp3) is 0.400. The van der Waals surface area contributed by atoms with E-state index in [1.807, 2.05) is 0 Å². The Kier molecular flexibility index (Phi) is 5.30. The summed E-state index contributed by atoms with van der Waals surface area (Å²) in [5.41, 5.74) is 5.08. The molecule has 0 saturated carbocycles. The number of rotatable bonds is 3. The van der Waals surface area contributed by atoms with Gasteiger partial charge in [-0.15, -0.1) is 0 Å². The Morgan fingerprint density at radius 3 is 2.74 bits per heavy atom. The number of nitrogens with zero attached hydrogens (tertiary/aromatic N) is 1. The predicted molar refractivity (Wildman–Crippen MR) is 120 cm³/mol. The first-order chi connectivity index (χ1) is 15.0. The summed E-state index contributed by atoms with van der Waals surface area (Å²) >= 11 is 0. The molecule has 31 heavy (non-hydrogen) atoms. The van der Waals surface area contributed by atoms with Gasteiger partial charge in [-0.05, 0) is 35.6 Å². The number of fused-ring (bicyclic) bond motifs is 2. The average molecular weight is 421 g/mol. The zero-order chi connectivity index (χ0) is 21.5. The summed E-state index contributed by atoms with van der Waals surface area (Å²) in [6.07, 6.45) is 17.6. The maximum Gasteiger partial charge on any atom is 0.134 e. The van der Waals surface area contributed by atoms with E-state index in [-0.39, 0.29) is 36.0 Å².